The summed E-state index contributed by atoms with van der Waals surface area (Å²) >= 11 is 0. The number of hydrogen-bond donors (Lipinski definition) is 2. The first-order valence-electron chi connectivity index (χ1n) is 8.64. The van der Waals surface area contributed by atoms with Crippen LogP contribution in [-0.4, -0.2) is 59.9 Å². The molecule has 0 radical (unpaired) electrons. The SMILES string of the molecule is CCN(C)C(=O)C(C)N1CCC2(CC1)Nc1ccccc1NC2=O. The average Bonchev–Trinajstić information content (AvgIpc) is 2.61. The van der Waals surface area contributed by atoms with Gasteiger partial charge in [0.2, 0.25) is 11.8 Å². The molecule has 6 nitrogen and oxygen atoms in total. The van der Waals surface area contributed by atoms with Crippen LogP contribution in [0.25, 0.3) is 0 Å². The highest BCUT2D eigenvalue weighted by Gasteiger charge is 2.45. The molecule has 3 rings (SSSR count). The molecule has 1 aromatic carbocycles. The van der Waals surface area contributed by atoms with Crippen LogP contribution in [0.1, 0.15) is 26.7 Å². The second-order valence-electron chi connectivity index (χ2n) is 6.77. The van der Waals surface area contributed by atoms with Crippen LogP contribution in [0.4, 0.5) is 11.4 Å². The molecule has 2 aliphatic rings. The molecule has 130 valence electrons. The van der Waals surface area contributed by atoms with Crippen molar-refractivity contribution < 1.29 is 9.59 Å². The maximum absolute atomic E-state index is 12.6. The summed E-state index contributed by atoms with van der Waals surface area (Å²) in [4.78, 5) is 28.9. The van der Waals surface area contributed by atoms with Gasteiger partial charge in [0.05, 0.1) is 17.4 Å². The fourth-order valence-electron chi connectivity index (χ4n) is 3.53. The van der Waals surface area contributed by atoms with E-state index < -0.39 is 5.54 Å². The highest BCUT2D eigenvalue weighted by Crippen LogP contribution is 2.36. The van der Waals surface area contributed by atoms with Crippen molar-refractivity contribution in [3.05, 3.63) is 24.3 Å². The number of nitrogens with one attached hydrogen (secondary N) is 2. The van der Waals surface area contributed by atoms with Gasteiger partial charge in [0.15, 0.2) is 0 Å². The van der Waals surface area contributed by atoms with Crippen LogP contribution in [0, 0.1) is 0 Å². The highest BCUT2D eigenvalue weighted by molar-refractivity contribution is 6.06. The predicted octanol–water partition coefficient (Wildman–Crippen LogP) is 1.75. The number of amides is 2. The van der Waals surface area contributed by atoms with Crippen molar-refractivity contribution >= 4 is 23.2 Å². The number of nitrogens with zero attached hydrogens (tertiary/aromatic N) is 2. The largest absolute Gasteiger partial charge is 0.369 e. The molecule has 2 aliphatic heterocycles. The van der Waals surface area contributed by atoms with Crippen molar-refractivity contribution in [2.24, 2.45) is 0 Å². The fraction of sp³-hybridized carbons (Fsp3) is 0.556. The van der Waals surface area contributed by atoms with Gasteiger partial charge in [-0.2, -0.15) is 0 Å². The van der Waals surface area contributed by atoms with Crippen LogP contribution in [0.15, 0.2) is 24.3 Å². The summed E-state index contributed by atoms with van der Waals surface area (Å²) in [6.45, 7) is 6.10. The Hall–Kier alpha value is -2.08. The maximum Gasteiger partial charge on any atom is 0.250 e. The van der Waals surface area contributed by atoms with Gasteiger partial charge in [-0.25, -0.2) is 0 Å². The van der Waals surface area contributed by atoms with E-state index in [0.717, 1.165) is 24.5 Å². The number of rotatable bonds is 3. The molecule has 2 heterocycles. The Morgan fingerprint density at radius 3 is 2.54 bits per heavy atom. The molecular formula is C18H26N4O2. The normalized spacial score (nSPS) is 20.7. The Labute approximate surface area is 143 Å². The quantitative estimate of drug-likeness (QED) is 0.886. The Morgan fingerprint density at radius 1 is 1.29 bits per heavy atom. The monoisotopic (exact) mass is 330 g/mol. The van der Waals surface area contributed by atoms with Crippen LogP contribution >= 0.6 is 0 Å². The molecule has 2 amide bonds. The molecule has 1 aromatic rings. The van der Waals surface area contributed by atoms with E-state index in [1.807, 2.05) is 45.2 Å². The Kier molecular flexibility index (Phi) is 4.49. The van der Waals surface area contributed by atoms with Gasteiger partial charge in [-0.15, -0.1) is 0 Å². The molecule has 0 saturated carbocycles. The number of piperidine rings is 1. The lowest BCUT2D eigenvalue weighted by atomic mass is 9.84. The number of hydrogen-bond acceptors (Lipinski definition) is 4. The van der Waals surface area contributed by atoms with Gasteiger partial charge in [-0.05, 0) is 38.8 Å². The number of para-hydroxylation sites is 2. The molecule has 0 aliphatic carbocycles. The van der Waals surface area contributed by atoms with Crippen LogP contribution in [-0.2, 0) is 9.59 Å². The molecule has 1 unspecified atom stereocenters. The highest BCUT2D eigenvalue weighted by atomic mass is 16.2. The number of carbonyl (C=O) groups excluding carboxylic acids is 2. The fourth-order valence-corrected chi connectivity index (χ4v) is 3.53. The van der Waals surface area contributed by atoms with Gasteiger partial charge < -0.3 is 15.5 Å². The number of benzene rings is 1. The molecule has 1 spiro atoms. The predicted molar refractivity (Wildman–Crippen MR) is 95.0 cm³/mol. The van der Waals surface area contributed by atoms with E-state index >= 15 is 0 Å². The standard InChI is InChI=1S/C18H26N4O2/c1-4-21(3)16(23)13(2)22-11-9-18(10-12-22)17(24)19-14-7-5-6-8-15(14)20-18/h5-8,13,20H,4,9-12H2,1-3H3,(H,19,24). The summed E-state index contributed by atoms with van der Waals surface area (Å²) in [5.41, 5.74) is 1.24. The smallest absolute Gasteiger partial charge is 0.250 e. The van der Waals surface area contributed by atoms with Crippen LogP contribution in [0.3, 0.4) is 0 Å². The van der Waals surface area contributed by atoms with E-state index in [0.29, 0.717) is 19.4 Å². The Balaban J connectivity index is 1.69. The first-order chi connectivity index (χ1) is 11.5. The van der Waals surface area contributed by atoms with E-state index in [-0.39, 0.29) is 17.9 Å². The van der Waals surface area contributed by atoms with Gasteiger partial charge in [-0.1, -0.05) is 12.1 Å². The van der Waals surface area contributed by atoms with Crippen LogP contribution in [0.5, 0.6) is 0 Å². The van der Waals surface area contributed by atoms with E-state index in [9.17, 15) is 9.59 Å². The van der Waals surface area contributed by atoms with Crippen molar-refractivity contribution in [3.8, 4) is 0 Å². The van der Waals surface area contributed by atoms with Crippen molar-refractivity contribution in [2.75, 3.05) is 37.3 Å². The molecule has 1 atom stereocenters. The van der Waals surface area contributed by atoms with E-state index in [2.05, 4.69) is 15.5 Å². The summed E-state index contributed by atoms with van der Waals surface area (Å²) in [5, 5.41) is 6.47. The molecule has 24 heavy (non-hydrogen) atoms. The van der Waals surface area contributed by atoms with Gasteiger partial charge in [-0.3, -0.25) is 14.5 Å². The number of likely N-dealkylation sites (N-methyl/N-ethyl adjacent to an activating group) is 1. The molecule has 2 N–H and O–H groups in total. The summed E-state index contributed by atoms with van der Waals surface area (Å²) in [6, 6.07) is 7.63. The van der Waals surface area contributed by atoms with Gasteiger partial charge in [0.25, 0.3) is 0 Å². The summed E-state index contributed by atoms with van der Waals surface area (Å²) < 4.78 is 0. The van der Waals surface area contributed by atoms with Gasteiger partial charge in [0.1, 0.15) is 5.54 Å². The van der Waals surface area contributed by atoms with Crippen molar-refractivity contribution in [1.29, 1.82) is 0 Å². The molecule has 0 bridgehead atoms. The van der Waals surface area contributed by atoms with Crippen molar-refractivity contribution in [1.82, 2.24) is 9.80 Å². The number of carbonyl (C=O) groups is 2. The Morgan fingerprint density at radius 2 is 1.92 bits per heavy atom. The minimum atomic E-state index is -0.565. The van der Waals surface area contributed by atoms with Crippen molar-refractivity contribution in [2.45, 2.75) is 38.3 Å². The lowest BCUT2D eigenvalue weighted by molar-refractivity contribution is -0.135. The van der Waals surface area contributed by atoms with Gasteiger partial charge in [0, 0.05) is 26.7 Å². The third-order valence-electron chi connectivity index (χ3n) is 5.39. The number of likely N-dealkylation sites (tertiary alicyclic amines) is 1. The Bertz CT molecular complexity index is 638. The van der Waals surface area contributed by atoms with Crippen LogP contribution < -0.4 is 10.6 Å². The lowest BCUT2D eigenvalue weighted by Crippen LogP contribution is -2.60. The maximum atomic E-state index is 12.6. The topological polar surface area (TPSA) is 64.7 Å². The molecule has 0 aromatic heterocycles. The number of anilines is 2. The third kappa shape index (κ3) is 2.86. The van der Waals surface area contributed by atoms with E-state index in [4.69, 9.17) is 0 Å². The first kappa shape index (κ1) is 16.8. The summed E-state index contributed by atoms with van der Waals surface area (Å²) in [5.74, 6) is 0.172. The minimum Gasteiger partial charge on any atom is -0.369 e. The third-order valence-corrected chi connectivity index (χ3v) is 5.39. The molecular weight excluding hydrogens is 304 g/mol. The van der Waals surface area contributed by atoms with E-state index in [1.165, 1.54) is 0 Å². The molecule has 6 heteroatoms. The summed E-state index contributed by atoms with van der Waals surface area (Å²) in [7, 11) is 1.83. The second-order valence-corrected chi connectivity index (χ2v) is 6.77. The zero-order chi connectivity index (χ0) is 17.3. The second kappa shape index (κ2) is 6.43. The first-order valence-corrected chi connectivity index (χ1v) is 8.64. The molecule has 1 fully saturated rings. The number of fused-ring (bicyclic) bond motifs is 1. The minimum absolute atomic E-state index is 0.0329. The van der Waals surface area contributed by atoms with Gasteiger partial charge >= 0.3 is 0 Å². The molecule has 1 saturated heterocycles. The summed E-state index contributed by atoms with van der Waals surface area (Å²) in [6.07, 6.45) is 1.39. The van der Waals surface area contributed by atoms with Crippen LogP contribution in [0.2, 0.25) is 0 Å². The zero-order valence-corrected chi connectivity index (χ0v) is 14.6. The average molecular weight is 330 g/mol. The van der Waals surface area contributed by atoms with Crippen molar-refractivity contribution in [3.63, 3.8) is 0 Å². The zero-order valence-electron chi connectivity index (χ0n) is 14.6. The van der Waals surface area contributed by atoms with E-state index in [1.54, 1.807) is 4.90 Å². The lowest BCUT2D eigenvalue weighted by Gasteiger charge is -2.45.